The number of pyridine rings is 1. The summed E-state index contributed by atoms with van der Waals surface area (Å²) in [6.07, 6.45) is 3.75. The molecule has 1 atom stereocenters. The number of rotatable bonds is 4. The average Bonchev–Trinajstić information content (AvgIpc) is 3.35. The largest absolute Gasteiger partial charge is 0.342 e. The molecule has 3 aromatic rings. The predicted molar refractivity (Wildman–Crippen MR) is 99.9 cm³/mol. The highest BCUT2D eigenvalue weighted by atomic mass is 16.1. The van der Waals surface area contributed by atoms with Gasteiger partial charge in [0, 0.05) is 18.1 Å². The van der Waals surface area contributed by atoms with Crippen LogP contribution >= 0.6 is 0 Å². The van der Waals surface area contributed by atoms with E-state index in [4.69, 9.17) is 0 Å². The van der Waals surface area contributed by atoms with E-state index in [2.05, 4.69) is 20.4 Å². The molecule has 1 amide bonds. The normalized spacial score (nSPS) is 15.2. The molecule has 26 heavy (non-hydrogen) atoms. The van der Waals surface area contributed by atoms with Crippen molar-refractivity contribution in [1.82, 2.24) is 25.1 Å². The van der Waals surface area contributed by atoms with Crippen LogP contribution in [0.15, 0.2) is 24.5 Å². The lowest BCUT2D eigenvalue weighted by Gasteiger charge is -2.19. The molecule has 0 spiro atoms. The second-order valence-corrected chi connectivity index (χ2v) is 7.25. The monoisotopic (exact) mass is 349 g/mol. The summed E-state index contributed by atoms with van der Waals surface area (Å²) < 4.78 is 1.75. The van der Waals surface area contributed by atoms with Gasteiger partial charge in [0.2, 0.25) is 0 Å². The third-order valence-corrected chi connectivity index (χ3v) is 5.26. The molecule has 6 nitrogen and oxygen atoms in total. The molecular weight excluding hydrogens is 326 g/mol. The fourth-order valence-electron chi connectivity index (χ4n) is 3.51. The van der Waals surface area contributed by atoms with Crippen LogP contribution in [0.4, 0.5) is 0 Å². The standard InChI is InChI=1S/C20H23N5O/c1-11-5-8-16-15(9-11)17(12(2)13(3)23-16)20(26)24-18(14-6-7-14)19-21-10-22-25(19)4/h5,8-10,14,18H,6-7H2,1-4H3,(H,24,26)/t18-/m1/s1. The van der Waals surface area contributed by atoms with Crippen molar-refractivity contribution in [1.29, 1.82) is 0 Å². The van der Waals surface area contributed by atoms with Gasteiger partial charge in [0.1, 0.15) is 12.2 Å². The summed E-state index contributed by atoms with van der Waals surface area (Å²) in [5.74, 6) is 1.17. The van der Waals surface area contributed by atoms with E-state index in [0.29, 0.717) is 11.5 Å². The average molecular weight is 349 g/mol. The van der Waals surface area contributed by atoms with Gasteiger partial charge in [0.15, 0.2) is 0 Å². The Morgan fingerprint density at radius 3 is 2.69 bits per heavy atom. The van der Waals surface area contributed by atoms with Crippen LogP contribution in [0, 0.1) is 26.7 Å². The maximum atomic E-state index is 13.3. The van der Waals surface area contributed by atoms with Crippen LogP contribution < -0.4 is 5.32 Å². The van der Waals surface area contributed by atoms with Crippen molar-refractivity contribution in [3.05, 3.63) is 52.7 Å². The van der Waals surface area contributed by atoms with E-state index >= 15 is 0 Å². The Morgan fingerprint density at radius 2 is 2.04 bits per heavy atom. The molecule has 2 heterocycles. The van der Waals surface area contributed by atoms with Gasteiger partial charge in [-0.05, 0) is 57.2 Å². The van der Waals surface area contributed by atoms with E-state index < -0.39 is 0 Å². The van der Waals surface area contributed by atoms with Crippen molar-refractivity contribution in [2.45, 2.75) is 39.7 Å². The number of benzene rings is 1. The minimum absolute atomic E-state index is 0.0662. The highest BCUT2D eigenvalue weighted by molar-refractivity contribution is 6.07. The maximum Gasteiger partial charge on any atom is 0.252 e. The number of carbonyl (C=O) groups excluding carboxylic acids is 1. The molecule has 1 aromatic carbocycles. The zero-order chi connectivity index (χ0) is 18.4. The van der Waals surface area contributed by atoms with E-state index in [1.54, 1.807) is 4.68 Å². The maximum absolute atomic E-state index is 13.3. The number of hydrogen-bond acceptors (Lipinski definition) is 4. The molecule has 0 saturated heterocycles. The van der Waals surface area contributed by atoms with Crippen LogP contribution in [0.2, 0.25) is 0 Å². The molecular formula is C20H23N5O. The number of carbonyl (C=O) groups is 1. The smallest absolute Gasteiger partial charge is 0.252 e. The van der Waals surface area contributed by atoms with Gasteiger partial charge in [-0.25, -0.2) is 4.98 Å². The molecule has 1 fully saturated rings. The lowest BCUT2D eigenvalue weighted by Crippen LogP contribution is -2.32. The van der Waals surface area contributed by atoms with Gasteiger partial charge in [-0.3, -0.25) is 14.5 Å². The summed E-state index contributed by atoms with van der Waals surface area (Å²) in [5, 5.41) is 8.29. The van der Waals surface area contributed by atoms with E-state index in [1.807, 2.05) is 46.0 Å². The minimum Gasteiger partial charge on any atom is -0.342 e. The van der Waals surface area contributed by atoms with Crippen LogP contribution in [0.5, 0.6) is 0 Å². The first-order valence-corrected chi connectivity index (χ1v) is 8.98. The number of nitrogens with one attached hydrogen (secondary N) is 1. The fraction of sp³-hybridized carbons (Fsp3) is 0.400. The van der Waals surface area contributed by atoms with Crippen LogP contribution in [-0.4, -0.2) is 25.7 Å². The number of nitrogens with zero attached hydrogens (tertiary/aromatic N) is 4. The lowest BCUT2D eigenvalue weighted by molar-refractivity contribution is 0.0929. The zero-order valence-corrected chi connectivity index (χ0v) is 15.6. The summed E-state index contributed by atoms with van der Waals surface area (Å²) in [4.78, 5) is 22.3. The van der Waals surface area contributed by atoms with E-state index in [-0.39, 0.29) is 11.9 Å². The SMILES string of the molecule is Cc1ccc2nc(C)c(C)c(C(=O)N[C@@H](c3ncnn3C)C3CC3)c2c1. The molecule has 1 aliphatic rings. The first-order chi connectivity index (χ1) is 12.5. The third kappa shape index (κ3) is 2.85. The summed E-state index contributed by atoms with van der Waals surface area (Å²) >= 11 is 0. The Balaban J connectivity index is 1.77. The van der Waals surface area contributed by atoms with Crippen molar-refractivity contribution in [3.8, 4) is 0 Å². The Morgan fingerprint density at radius 1 is 1.27 bits per heavy atom. The highest BCUT2D eigenvalue weighted by Crippen LogP contribution is 2.40. The third-order valence-electron chi connectivity index (χ3n) is 5.26. The molecule has 2 aromatic heterocycles. The Hall–Kier alpha value is -2.76. The second kappa shape index (κ2) is 6.20. The van der Waals surface area contributed by atoms with Gasteiger partial charge in [0.25, 0.3) is 5.91 Å². The van der Waals surface area contributed by atoms with Crippen LogP contribution in [0.1, 0.15) is 51.9 Å². The molecule has 0 unspecified atom stereocenters. The zero-order valence-electron chi connectivity index (χ0n) is 15.6. The van der Waals surface area contributed by atoms with Crippen molar-refractivity contribution < 1.29 is 4.79 Å². The van der Waals surface area contributed by atoms with Crippen LogP contribution in [0.3, 0.4) is 0 Å². The van der Waals surface area contributed by atoms with Crippen LogP contribution in [-0.2, 0) is 7.05 Å². The number of aromatic nitrogens is 4. The summed E-state index contributed by atoms with van der Waals surface area (Å²) in [6.45, 7) is 5.95. The molecule has 0 bridgehead atoms. The van der Waals surface area contributed by atoms with E-state index in [0.717, 1.165) is 46.4 Å². The molecule has 134 valence electrons. The van der Waals surface area contributed by atoms with Gasteiger partial charge in [-0.1, -0.05) is 11.6 Å². The molecule has 1 aliphatic carbocycles. The first-order valence-electron chi connectivity index (χ1n) is 8.98. The number of hydrogen-bond donors (Lipinski definition) is 1. The number of fused-ring (bicyclic) bond motifs is 1. The number of aryl methyl sites for hydroxylation is 3. The minimum atomic E-state index is -0.109. The molecule has 4 rings (SSSR count). The van der Waals surface area contributed by atoms with E-state index in [9.17, 15) is 4.79 Å². The van der Waals surface area contributed by atoms with Crippen molar-refractivity contribution >= 4 is 16.8 Å². The van der Waals surface area contributed by atoms with Gasteiger partial charge in [-0.15, -0.1) is 0 Å². The van der Waals surface area contributed by atoms with Gasteiger partial charge >= 0.3 is 0 Å². The molecule has 0 aliphatic heterocycles. The Labute approximate surface area is 152 Å². The second-order valence-electron chi connectivity index (χ2n) is 7.25. The van der Waals surface area contributed by atoms with Crippen molar-refractivity contribution in [3.63, 3.8) is 0 Å². The predicted octanol–water partition coefficient (Wildman–Crippen LogP) is 3.17. The highest BCUT2D eigenvalue weighted by Gasteiger charge is 2.36. The summed E-state index contributed by atoms with van der Waals surface area (Å²) in [6, 6.07) is 5.94. The van der Waals surface area contributed by atoms with Gasteiger partial charge in [0.05, 0.1) is 17.1 Å². The lowest BCUT2D eigenvalue weighted by atomic mass is 9.99. The summed E-state index contributed by atoms with van der Waals surface area (Å²) in [5.41, 5.74) is 4.49. The van der Waals surface area contributed by atoms with E-state index in [1.165, 1.54) is 6.33 Å². The quantitative estimate of drug-likeness (QED) is 0.785. The van der Waals surface area contributed by atoms with Crippen molar-refractivity contribution in [2.24, 2.45) is 13.0 Å². The van der Waals surface area contributed by atoms with Crippen LogP contribution in [0.25, 0.3) is 10.9 Å². The van der Waals surface area contributed by atoms with Crippen molar-refractivity contribution in [2.75, 3.05) is 0 Å². The topological polar surface area (TPSA) is 72.7 Å². The number of amides is 1. The molecule has 1 N–H and O–H groups in total. The fourth-order valence-corrected chi connectivity index (χ4v) is 3.51. The molecule has 0 radical (unpaired) electrons. The molecule has 1 saturated carbocycles. The van der Waals surface area contributed by atoms with Gasteiger partial charge < -0.3 is 5.32 Å². The Kier molecular flexibility index (Phi) is 3.98. The first kappa shape index (κ1) is 16.7. The van der Waals surface area contributed by atoms with Gasteiger partial charge in [-0.2, -0.15) is 5.10 Å². The summed E-state index contributed by atoms with van der Waals surface area (Å²) in [7, 11) is 1.87. The molecule has 6 heteroatoms. The Bertz CT molecular complexity index is 1000.